The van der Waals surface area contributed by atoms with Crippen LogP contribution in [0.5, 0.6) is 5.75 Å². The minimum atomic E-state index is 0.162. The summed E-state index contributed by atoms with van der Waals surface area (Å²) >= 11 is 3.55. The summed E-state index contributed by atoms with van der Waals surface area (Å²) in [5.74, 6) is 0.942. The van der Waals surface area contributed by atoms with Gasteiger partial charge in [0, 0.05) is 10.5 Å². The maximum absolute atomic E-state index is 5.93. The molecule has 96 valence electrons. The fraction of sp³-hybridized carbons (Fsp3) is 0.571. The molecule has 0 saturated carbocycles. The number of benzene rings is 1. The molecule has 0 heterocycles. The van der Waals surface area contributed by atoms with Gasteiger partial charge in [-0.1, -0.05) is 29.8 Å². The molecular weight excluding hydrogens is 278 g/mol. The largest absolute Gasteiger partial charge is 0.490 e. The summed E-state index contributed by atoms with van der Waals surface area (Å²) in [6.07, 6.45) is 3.24. The Bertz CT molecular complexity index is 348. The summed E-state index contributed by atoms with van der Waals surface area (Å²) in [4.78, 5) is 0. The first-order chi connectivity index (χ1) is 8.06. The van der Waals surface area contributed by atoms with Crippen molar-refractivity contribution in [3.63, 3.8) is 0 Å². The van der Waals surface area contributed by atoms with E-state index < -0.39 is 0 Å². The third-order valence-electron chi connectivity index (χ3n) is 2.77. The fourth-order valence-electron chi connectivity index (χ4n) is 1.78. The van der Waals surface area contributed by atoms with Gasteiger partial charge >= 0.3 is 0 Å². The Kier molecular flexibility index (Phi) is 6.00. The summed E-state index contributed by atoms with van der Waals surface area (Å²) in [5, 5.41) is 0. The van der Waals surface area contributed by atoms with E-state index in [2.05, 4.69) is 35.8 Å². The molecule has 2 nitrogen and oxygen atoms in total. The molecule has 0 amide bonds. The van der Waals surface area contributed by atoms with Crippen molar-refractivity contribution in [2.45, 2.75) is 52.2 Å². The van der Waals surface area contributed by atoms with E-state index >= 15 is 0 Å². The van der Waals surface area contributed by atoms with Crippen molar-refractivity contribution in [2.24, 2.45) is 5.73 Å². The molecule has 0 fully saturated rings. The molecule has 1 aromatic rings. The molecule has 0 aliphatic carbocycles. The minimum absolute atomic E-state index is 0.162. The van der Waals surface area contributed by atoms with E-state index in [1.165, 1.54) is 5.56 Å². The molecular formula is C14H22BrNO. The van der Waals surface area contributed by atoms with E-state index in [-0.39, 0.29) is 6.04 Å². The van der Waals surface area contributed by atoms with Crippen LogP contribution in [0.25, 0.3) is 0 Å². The standard InChI is InChI=1S/C14H22BrNO/c1-4-12(5-2)17-13-6-7-14(15)11(9-13)8-10(3)16/h6-7,9-10,12H,4-5,8,16H2,1-3H3. The van der Waals surface area contributed by atoms with Gasteiger partial charge in [0.05, 0.1) is 6.10 Å². The van der Waals surface area contributed by atoms with E-state index in [0.29, 0.717) is 6.10 Å². The zero-order valence-corrected chi connectivity index (χ0v) is 12.5. The van der Waals surface area contributed by atoms with Crippen LogP contribution in [-0.4, -0.2) is 12.1 Å². The third kappa shape index (κ3) is 4.68. The normalized spacial score (nSPS) is 12.8. The highest BCUT2D eigenvalue weighted by atomic mass is 79.9. The predicted molar refractivity (Wildman–Crippen MR) is 76.5 cm³/mol. The topological polar surface area (TPSA) is 35.2 Å². The summed E-state index contributed by atoms with van der Waals surface area (Å²) in [5.41, 5.74) is 7.05. The van der Waals surface area contributed by atoms with Crippen LogP contribution < -0.4 is 10.5 Å². The van der Waals surface area contributed by atoms with Crippen molar-refractivity contribution in [1.29, 1.82) is 0 Å². The van der Waals surface area contributed by atoms with Crippen LogP contribution in [0.4, 0.5) is 0 Å². The molecule has 0 bridgehead atoms. The smallest absolute Gasteiger partial charge is 0.120 e. The Balaban J connectivity index is 2.80. The highest BCUT2D eigenvalue weighted by Crippen LogP contribution is 2.25. The molecule has 3 heteroatoms. The van der Waals surface area contributed by atoms with Crippen LogP contribution >= 0.6 is 15.9 Å². The van der Waals surface area contributed by atoms with Gasteiger partial charge in [0.1, 0.15) is 5.75 Å². The first-order valence-electron chi connectivity index (χ1n) is 6.27. The fourth-order valence-corrected chi connectivity index (χ4v) is 2.18. The van der Waals surface area contributed by atoms with Crippen LogP contribution in [-0.2, 0) is 6.42 Å². The lowest BCUT2D eigenvalue weighted by Crippen LogP contribution is -2.18. The van der Waals surface area contributed by atoms with E-state index in [1.807, 2.05) is 19.1 Å². The molecule has 1 atom stereocenters. The average molecular weight is 300 g/mol. The van der Waals surface area contributed by atoms with Gasteiger partial charge in [0.2, 0.25) is 0 Å². The van der Waals surface area contributed by atoms with Gasteiger partial charge in [-0.2, -0.15) is 0 Å². The average Bonchev–Trinajstić information content (AvgIpc) is 2.29. The van der Waals surface area contributed by atoms with Crippen molar-refractivity contribution in [1.82, 2.24) is 0 Å². The first-order valence-corrected chi connectivity index (χ1v) is 7.06. The van der Waals surface area contributed by atoms with Gasteiger partial charge in [-0.15, -0.1) is 0 Å². The lowest BCUT2D eigenvalue weighted by molar-refractivity contribution is 0.192. The molecule has 0 aliphatic rings. The Morgan fingerprint density at radius 3 is 2.47 bits per heavy atom. The Hall–Kier alpha value is -0.540. The molecule has 1 unspecified atom stereocenters. The van der Waals surface area contributed by atoms with Crippen LogP contribution in [0, 0.1) is 0 Å². The number of rotatable bonds is 6. The van der Waals surface area contributed by atoms with Crippen LogP contribution in [0.2, 0.25) is 0 Å². The second-order valence-electron chi connectivity index (χ2n) is 4.49. The first kappa shape index (κ1) is 14.5. The highest BCUT2D eigenvalue weighted by molar-refractivity contribution is 9.10. The van der Waals surface area contributed by atoms with Crippen molar-refractivity contribution in [3.8, 4) is 5.75 Å². The van der Waals surface area contributed by atoms with Gasteiger partial charge in [-0.25, -0.2) is 0 Å². The summed E-state index contributed by atoms with van der Waals surface area (Å²) < 4.78 is 7.03. The number of hydrogen-bond donors (Lipinski definition) is 1. The van der Waals surface area contributed by atoms with Gasteiger partial charge in [0.25, 0.3) is 0 Å². The van der Waals surface area contributed by atoms with Gasteiger partial charge in [-0.3, -0.25) is 0 Å². The molecule has 0 radical (unpaired) electrons. The Labute approximate surface area is 113 Å². The molecule has 2 N–H and O–H groups in total. The zero-order valence-electron chi connectivity index (χ0n) is 10.9. The summed E-state index contributed by atoms with van der Waals surface area (Å²) in [7, 11) is 0. The SMILES string of the molecule is CCC(CC)Oc1ccc(Br)c(CC(C)N)c1. The monoisotopic (exact) mass is 299 g/mol. The molecule has 0 aromatic heterocycles. The number of hydrogen-bond acceptors (Lipinski definition) is 2. The van der Waals surface area contributed by atoms with Gasteiger partial charge < -0.3 is 10.5 Å². The maximum atomic E-state index is 5.93. The summed E-state index contributed by atoms with van der Waals surface area (Å²) in [6.45, 7) is 6.31. The summed E-state index contributed by atoms with van der Waals surface area (Å²) in [6, 6.07) is 6.29. The van der Waals surface area contributed by atoms with Gasteiger partial charge in [0.15, 0.2) is 0 Å². The second kappa shape index (κ2) is 7.02. The van der Waals surface area contributed by atoms with Crippen LogP contribution in [0.3, 0.4) is 0 Å². The lowest BCUT2D eigenvalue weighted by Gasteiger charge is -2.17. The molecule has 1 rings (SSSR count). The zero-order chi connectivity index (χ0) is 12.8. The lowest BCUT2D eigenvalue weighted by atomic mass is 10.1. The Morgan fingerprint density at radius 1 is 1.29 bits per heavy atom. The van der Waals surface area contributed by atoms with Gasteiger partial charge in [-0.05, 0) is 49.9 Å². The Morgan fingerprint density at radius 2 is 1.94 bits per heavy atom. The number of nitrogens with two attached hydrogens (primary N) is 1. The highest BCUT2D eigenvalue weighted by Gasteiger charge is 2.08. The van der Waals surface area contributed by atoms with E-state index in [4.69, 9.17) is 10.5 Å². The van der Waals surface area contributed by atoms with Crippen LogP contribution in [0.15, 0.2) is 22.7 Å². The molecule has 0 aliphatic heterocycles. The van der Waals surface area contributed by atoms with E-state index in [1.54, 1.807) is 0 Å². The molecule has 0 spiro atoms. The number of ether oxygens (including phenoxy) is 1. The van der Waals surface area contributed by atoms with E-state index in [9.17, 15) is 0 Å². The predicted octanol–water partition coefficient (Wildman–Crippen LogP) is 3.91. The van der Waals surface area contributed by atoms with Crippen molar-refractivity contribution in [3.05, 3.63) is 28.2 Å². The quantitative estimate of drug-likeness (QED) is 0.864. The van der Waals surface area contributed by atoms with Crippen molar-refractivity contribution >= 4 is 15.9 Å². The molecule has 0 saturated heterocycles. The number of halogens is 1. The second-order valence-corrected chi connectivity index (χ2v) is 5.35. The van der Waals surface area contributed by atoms with Crippen molar-refractivity contribution < 1.29 is 4.74 Å². The van der Waals surface area contributed by atoms with Crippen molar-refractivity contribution in [2.75, 3.05) is 0 Å². The minimum Gasteiger partial charge on any atom is -0.490 e. The third-order valence-corrected chi connectivity index (χ3v) is 3.55. The van der Waals surface area contributed by atoms with Crippen LogP contribution in [0.1, 0.15) is 39.2 Å². The van der Waals surface area contributed by atoms with E-state index in [0.717, 1.165) is 29.5 Å². The molecule has 1 aromatic carbocycles. The molecule has 17 heavy (non-hydrogen) atoms. The maximum Gasteiger partial charge on any atom is 0.120 e.